The van der Waals surface area contributed by atoms with Gasteiger partial charge < -0.3 is 5.11 Å². The van der Waals surface area contributed by atoms with E-state index in [1.165, 1.54) is 0 Å². The van der Waals surface area contributed by atoms with E-state index in [2.05, 4.69) is 23.9 Å². The number of carbonyl (C=O) groups is 1. The molecule has 0 radical (unpaired) electrons. The SMILES string of the molecule is CC(C)c1cnc2c(C(C)C(=O)O)cnn2c1. The van der Waals surface area contributed by atoms with Gasteiger partial charge in [-0.2, -0.15) is 5.10 Å². The van der Waals surface area contributed by atoms with Crippen molar-refractivity contribution in [3.8, 4) is 0 Å². The first kappa shape index (κ1) is 11.6. The van der Waals surface area contributed by atoms with Crippen LogP contribution in [0.15, 0.2) is 18.6 Å². The van der Waals surface area contributed by atoms with Crippen molar-refractivity contribution in [2.24, 2.45) is 0 Å². The van der Waals surface area contributed by atoms with Gasteiger partial charge in [0.15, 0.2) is 5.65 Å². The van der Waals surface area contributed by atoms with Gasteiger partial charge in [-0.25, -0.2) is 9.50 Å². The van der Waals surface area contributed by atoms with Crippen molar-refractivity contribution in [2.45, 2.75) is 32.6 Å². The molecule has 5 heteroatoms. The van der Waals surface area contributed by atoms with Crippen LogP contribution in [-0.4, -0.2) is 25.7 Å². The van der Waals surface area contributed by atoms with E-state index >= 15 is 0 Å². The Morgan fingerprint density at radius 1 is 1.35 bits per heavy atom. The van der Waals surface area contributed by atoms with Gasteiger partial charge in [-0.05, 0) is 18.4 Å². The number of carboxylic acid groups (broad SMARTS) is 1. The number of carboxylic acids is 1. The molecule has 1 unspecified atom stereocenters. The third-order valence-electron chi connectivity index (χ3n) is 2.91. The average molecular weight is 233 g/mol. The average Bonchev–Trinajstić information content (AvgIpc) is 2.70. The summed E-state index contributed by atoms with van der Waals surface area (Å²) in [6.45, 7) is 5.79. The van der Waals surface area contributed by atoms with Gasteiger partial charge in [0, 0.05) is 18.0 Å². The lowest BCUT2D eigenvalue weighted by molar-refractivity contribution is -0.138. The Bertz CT molecular complexity index is 560. The smallest absolute Gasteiger partial charge is 0.310 e. The zero-order valence-corrected chi connectivity index (χ0v) is 10.1. The molecule has 0 bridgehead atoms. The first-order valence-corrected chi connectivity index (χ1v) is 5.56. The molecule has 0 spiro atoms. The Hall–Kier alpha value is -1.91. The number of rotatable bonds is 3. The minimum atomic E-state index is -0.866. The van der Waals surface area contributed by atoms with Crippen LogP contribution in [-0.2, 0) is 4.79 Å². The van der Waals surface area contributed by atoms with E-state index in [4.69, 9.17) is 5.11 Å². The van der Waals surface area contributed by atoms with Crippen LogP contribution in [0.3, 0.4) is 0 Å². The third-order valence-corrected chi connectivity index (χ3v) is 2.91. The van der Waals surface area contributed by atoms with Crippen molar-refractivity contribution >= 4 is 11.6 Å². The largest absolute Gasteiger partial charge is 0.481 e. The number of aromatic nitrogens is 3. The highest BCUT2D eigenvalue weighted by Gasteiger charge is 2.19. The van der Waals surface area contributed by atoms with Gasteiger partial charge in [-0.1, -0.05) is 13.8 Å². The van der Waals surface area contributed by atoms with Crippen LogP contribution < -0.4 is 0 Å². The zero-order valence-electron chi connectivity index (χ0n) is 10.1. The summed E-state index contributed by atoms with van der Waals surface area (Å²) in [5, 5.41) is 13.1. The molecule has 2 aromatic rings. The Morgan fingerprint density at radius 2 is 2.06 bits per heavy atom. The van der Waals surface area contributed by atoms with Crippen LogP contribution in [0.4, 0.5) is 0 Å². The predicted octanol–water partition coefficient (Wildman–Crippen LogP) is 2.04. The minimum absolute atomic E-state index is 0.372. The molecule has 2 rings (SSSR count). The number of hydrogen-bond acceptors (Lipinski definition) is 3. The van der Waals surface area contributed by atoms with Crippen LogP contribution >= 0.6 is 0 Å². The second-order valence-corrected chi connectivity index (χ2v) is 4.47. The van der Waals surface area contributed by atoms with Crippen molar-refractivity contribution in [1.29, 1.82) is 0 Å². The van der Waals surface area contributed by atoms with Crippen molar-refractivity contribution in [3.63, 3.8) is 0 Å². The van der Waals surface area contributed by atoms with Crippen molar-refractivity contribution in [3.05, 3.63) is 29.7 Å². The first-order valence-electron chi connectivity index (χ1n) is 5.56. The van der Waals surface area contributed by atoms with E-state index in [-0.39, 0.29) is 0 Å². The van der Waals surface area contributed by atoms with E-state index in [9.17, 15) is 4.79 Å². The summed E-state index contributed by atoms with van der Waals surface area (Å²) < 4.78 is 1.64. The van der Waals surface area contributed by atoms with Gasteiger partial charge in [0.25, 0.3) is 0 Å². The molecule has 90 valence electrons. The summed E-state index contributed by atoms with van der Waals surface area (Å²) >= 11 is 0. The summed E-state index contributed by atoms with van der Waals surface area (Å²) in [4.78, 5) is 15.3. The van der Waals surface area contributed by atoms with Gasteiger partial charge >= 0.3 is 5.97 Å². The monoisotopic (exact) mass is 233 g/mol. The summed E-state index contributed by atoms with van der Waals surface area (Å²) in [5.41, 5.74) is 2.34. The third kappa shape index (κ3) is 2.00. The van der Waals surface area contributed by atoms with Crippen LogP contribution in [0, 0.1) is 0 Å². The van der Waals surface area contributed by atoms with E-state index in [0.29, 0.717) is 17.1 Å². The van der Waals surface area contributed by atoms with E-state index < -0.39 is 11.9 Å². The van der Waals surface area contributed by atoms with Crippen LogP contribution in [0.1, 0.15) is 43.7 Å². The maximum absolute atomic E-state index is 11.0. The summed E-state index contributed by atoms with van der Waals surface area (Å²) in [6.07, 6.45) is 5.25. The van der Waals surface area contributed by atoms with Crippen molar-refractivity contribution < 1.29 is 9.90 Å². The van der Waals surface area contributed by atoms with E-state index in [1.54, 1.807) is 23.8 Å². The van der Waals surface area contributed by atoms with Gasteiger partial charge in [-0.3, -0.25) is 4.79 Å². The molecule has 0 aliphatic carbocycles. The summed E-state index contributed by atoms with van der Waals surface area (Å²) in [5.74, 6) is -1.09. The van der Waals surface area contributed by atoms with Crippen LogP contribution in [0.5, 0.6) is 0 Å². The molecule has 17 heavy (non-hydrogen) atoms. The topological polar surface area (TPSA) is 67.5 Å². The second-order valence-electron chi connectivity index (χ2n) is 4.47. The van der Waals surface area contributed by atoms with E-state index in [1.807, 2.05) is 6.20 Å². The van der Waals surface area contributed by atoms with Gasteiger partial charge in [0.1, 0.15) is 0 Å². The molecule has 0 aliphatic heterocycles. The molecule has 0 fully saturated rings. The fourth-order valence-corrected chi connectivity index (χ4v) is 1.64. The summed E-state index contributed by atoms with van der Waals surface area (Å²) in [7, 11) is 0. The van der Waals surface area contributed by atoms with Gasteiger partial charge in [0.05, 0.1) is 12.1 Å². The zero-order chi connectivity index (χ0) is 12.6. The maximum Gasteiger partial charge on any atom is 0.310 e. The van der Waals surface area contributed by atoms with Crippen LogP contribution in [0.25, 0.3) is 5.65 Å². The molecule has 0 aromatic carbocycles. The normalized spacial score (nSPS) is 13.2. The molecule has 1 atom stereocenters. The van der Waals surface area contributed by atoms with E-state index in [0.717, 1.165) is 5.56 Å². The lowest BCUT2D eigenvalue weighted by Crippen LogP contribution is -2.07. The number of fused-ring (bicyclic) bond motifs is 1. The second kappa shape index (κ2) is 4.16. The Balaban J connectivity index is 2.52. The molecule has 2 aromatic heterocycles. The first-order chi connectivity index (χ1) is 8.00. The number of hydrogen-bond donors (Lipinski definition) is 1. The Labute approximate surface area is 99.1 Å². The molecular formula is C12H15N3O2. The molecule has 2 heterocycles. The molecule has 0 saturated carbocycles. The summed E-state index contributed by atoms with van der Waals surface area (Å²) in [6, 6.07) is 0. The molecular weight excluding hydrogens is 218 g/mol. The lowest BCUT2D eigenvalue weighted by Gasteiger charge is -2.06. The fourth-order valence-electron chi connectivity index (χ4n) is 1.64. The van der Waals surface area contributed by atoms with Crippen LogP contribution in [0.2, 0.25) is 0 Å². The minimum Gasteiger partial charge on any atom is -0.481 e. The van der Waals surface area contributed by atoms with Crippen molar-refractivity contribution in [2.75, 3.05) is 0 Å². The maximum atomic E-state index is 11.0. The highest BCUT2D eigenvalue weighted by Crippen LogP contribution is 2.21. The fraction of sp³-hybridized carbons (Fsp3) is 0.417. The van der Waals surface area contributed by atoms with Crippen molar-refractivity contribution in [1.82, 2.24) is 14.6 Å². The highest BCUT2D eigenvalue weighted by atomic mass is 16.4. The number of nitrogens with zero attached hydrogens (tertiary/aromatic N) is 3. The highest BCUT2D eigenvalue weighted by molar-refractivity contribution is 5.78. The Kier molecular flexibility index (Phi) is 2.83. The lowest BCUT2D eigenvalue weighted by atomic mass is 10.0. The molecule has 5 nitrogen and oxygen atoms in total. The quantitative estimate of drug-likeness (QED) is 0.880. The molecule has 0 amide bonds. The van der Waals surface area contributed by atoms with Gasteiger partial charge in [-0.15, -0.1) is 0 Å². The Morgan fingerprint density at radius 3 is 2.65 bits per heavy atom. The van der Waals surface area contributed by atoms with Gasteiger partial charge in [0.2, 0.25) is 0 Å². The molecule has 0 aliphatic rings. The standard InChI is InChI=1S/C12H15N3O2/c1-7(2)9-4-13-11-10(8(3)12(16)17)5-14-15(11)6-9/h4-8H,1-3H3,(H,16,17). The molecule has 0 saturated heterocycles. The predicted molar refractivity (Wildman–Crippen MR) is 63.1 cm³/mol. The number of aliphatic carboxylic acids is 1. The molecule has 1 N–H and O–H groups in total.